The highest BCUT2D eigenvalue weighted by molar-refractivity contribution is 9.10. The summed E-state index contributed by atoms with van der Waals surface area (Å²) in [5, 5.41) is 17.9. The molecule has 2 rings (SSSR count). The van der Waals surface area contributed by atoms with Gasteiger partial charge in [0, 0.05) is 4.47 Å². The third-order valence-corrected chi connectivity index (χ3v) is 2.28. The average molecular weight is 284 g/mol. The van der Waals surface area contributed by atoms with E-state index < -0.39 is 5.97 Å². The molecule has 0 fully saturated rings. The number of aromatic nitrogens is 3. The van der Waals surface area contributed by atoms with Gasteiger partial charge in [-0.05, 0) is 24.3 Å². The molecule has 2 N–H and O–H groups in total. The number of ether oxygens (including phenoxy) is 1. The quantitative estimate of drug-likeness (QED) is 0.900. The number of nitrogens with one attached hydrogen (secondary N) is 1. The number of H-pyrrole nitrogens is 1. The van der Waals surface area contributed by atoms with Gasteiger partial charge < -0.3 is 9.84 Å². The van der Waals surface area contributed by atoms with Crippen molar-refractivity contribution in [1.29, 1.82) is 0 Å². The molecule has 0 radical (unpaired) electrons. The zero-order valence-corrected chi connectivity index (χ0v) is 9.43. The number of hydrogen-bond donors (Lipinski definition) is 2. The van der Waals surface area contributed by atoms with Gasteiger partial charge in [0.05, 0.1) is 0 Å². The van der Waals surface area contributed by atoms with Crippen LogP contribution in [0.25, 0.3) is 0 Å². The molecule has 16 heavy (non-hydrogen) atoms. The van der Waals surface area contributed by atoms with Crippen molar-refractivity contribution in [2.75, 3.05) is 0 Å². The summed E-state index contributed by atoms with van der Waals surface area (Å²) in [6, 6.07) is 6.94. The maximum absolute atomic E-state index is 10.7. The maximum atomic E-state index is 10.7. The first kappa shape index (κ1) is 10.6. The van der Waals surface area contributed by atoms with Crippen LogP contribution in [-0.4, -0.2) is 26.5 Å². The number of nitrogens with zero attached hydrogens (tertiary/aromatic N) is 2. The van der Waals surface area contributed by atoms with Crippen molar-refractivity contribution < 1.29 is 14.6 Å². The van der Waals surface area contributed by atoms with Gasteiger partial charge in [-0.1, -0.05) is 21.1 Å². The molecule has 6 nitrogen and oxygen atoms in total. The summed E-state index contributed by atoms with van der Waals surface area (Å²) in [5.41, 5.74) is -0.247. The third-order valence-electron chi connectivity index (χ3n) is 1.75. The van der Waals surface area contributed by atoms with Gasteiger partial charge in [-0.2, -0.15) is 0 Å². The van der Waals surface area contributed by atoms with Crippen LogP contribution < -0.4 is 4.74 Å². The molecule has 82 valence electrons. The Labute approximate surface area is 98.4 Å². The standard InChI is InChI=1S/C9H6BrN3O3/c10-5-1-3-6(4-2-5)16-8-7(9(14)15)11-13-12-8/h1-4H,(H,14,15)(H,11,12,13). The van der Waals surface area contributed by atoms with Crippen LogP contribution in [-0.2, 0) is 0 Å². The fourth-order valence-electron chi connectivity index (χ4n) is 1.05. The second-order valence-electron chi connectivity index (χ2n) is 2.85. The van der Waals surface area contributed by atoms with Gasteiger partial charge in [-0.15, -0.1) is 5.10 Å². The Hall–Kier alpha value is -1.89. The van der Waals surface area contributed by atoms with Crippen molar-refractivity contribution >= 4 is 21.9 Å². The van der Waals surface area contributed by atoms with Crippen molar-refractivity contribution in [3.8, 4) is 11.6 Å². The van der Waals surface area contributed by atoms with Crippen LogP contribution >= 0.6 is 15.9 Å². The summed E-state index contributed by atoms with van der Waals surface area (Å²) in [5.74, 6) is -0.688. The normalized spacial score (nSPS) is 10.1. The van der Waals surface area contributed by atoms with E-state index in [-0.39, 0.29) is 11.6 Å². The summed E-state index contributed by atoms with van der Waals surface area (Å²) in [4.78, 5) is 10.7. The van der Waals surface area contributed by atoms with Crippen LogP contribution in [0, 0.1) is 0 Å². The van der Waals surface area contributed by atoms with E-state index in [0.717, 1.165) is 4.47 Å². The van der Waals surface area contributed by atoms with Gasteiger partial charge >= 0.3 is 5.97 Å². The Balaban J connectivity index is 2.23. The molecular formula is C9H6BrN3O3. The highest BCUT2D eigenvalue weighted by Crippen LogP contribution is 2.23. The Bertz CT molecular complexity index is 509. The van der Waals surface area contributed by atoms with E-state index in [1.807, 2.05) is 0 Å². The summed E-state index contributed by atoms with van der Waals surface area (Å²) < 4.78 is 6.19. The minimum Gasteiger partial charge on any atom is -0.476 e. The number of benzene rings is 1. The average Bonchev–Trinajstić information content (AvgIpc) is 2.69. The zero-order valence-electron chi connectivity index (χ0n) is 7.85. The first-order valence-electron chi connectivity index (χ1n) is 4.24. The van der Waals surface area contributed by atoms with Gasteiger partial charge in [-0.3, -0.25) is 0 Å². The molecule has 7 heteroatoms. The van der Waals surface area contributed by atoms with Crippen molar-refractivity contribution in [2.45, 2.75) is 0 Å². The fraction of sp³-hybridized carbons (Fsp3) is 0. The van der Waals surface area contributed by atoms with Crippen molar-refractivity contribution in [3.63, 3.8) is 0 Å². The van der Waals surface area contributed by atoms with Gasteiger partial charge in [0.1, 0.15) is 5.75 Å². The monoisotopic (exact) mass is 283 g/mol. The number of halogens is 1. The van der Waals surface area contributed by atoms with E-state index in [0.29, 0.717) is 5.75 Å². The summed E-state index contributed by atoms with van der Waals surface area (Å²) in [7, 11) is 0. The number of carboxylic acid groups (broad SMARTS) is 1. The van der Waals surface area contributed by atoms with E-state index in [4.69, 9.17) is 9.84 Å². The number of hydrogen-bond acceptors (Lipinski definition) is 4. The van der Waals surface area contributed by atoms with E-state index in [1.165, 1.54) is 0 Å². The predicted molar refractivity (Wildman–Crippen MR) is 57.6 cm³/mol. The van der Waals surface area contributed by atoms with Crippen LogP contribution in [0.5, 0.6) is 11.6 Å². The fourth-order valence-corrected chi connectivity index (χ4v) is 1.31. The van der Waals surface area contributed by atoms with Crippen LogP contribution in [0.2, 0.25) is 0 Å². The lowest BCUT2D eigenvalue weighted by Gasteiger charge is -2.02. The molecule has 0 aliphatic carbocycles. The maximum Gasteiger partial charge on any atom is 0.362 e. The van der Waals surface area contributed by atoms with Gasteiger partial charge in [-0.25, -0.2) is 9.89 Å². The summed E-state index contributed by atoms with van der Waals surface area (Å²) in [6.07, 6.45) is 0. The van der Waals surface area contributed by atoms with Gasteiger partial charge in [0.2, 0.25) is 5.69 Å². The SMILES string of the molecule is O=C(O)c1nn[nH]c1Oc1ccc(Br)cc1. The predicted octanol–water partition coefficient (Wildman–Crippen LogP) is 2.06. The smallest absolute Gasteiger partial charge is 0.362 e. The van der Waals surface area contributed by atoms with Crippen LogP contribution in [0.3, 0.4) is 0 Å². The van der Waals surface area contributed by atoms with E-state index in [1.54, 1.807) is 24.3 Å². The number of aromatic carboxylic acids is 1. The molecule has 0 bridgehead atoms. The Morgan fingerprint density at radius 2 is 2.06 bits per heavy atom. The minimum absolute atomic E-state index is 0.00909. The molecule has 2 aromatic rings. The van der Waals surface area contributed by atoms with Gasteiger partial charge in [0.15, 0.2) is 0 Å². The Morgan fingerprint density at radius 3 is 2.69 bits per heavy atom. The number of carboxylic acids is 1. The molecule has 0 saturated carbocycles. The third kappa shape index (κ3) is 2.19. The molecule has 0 aliphatic rings. The van der Waals surface area contributed by atoms with Crippen LogP contribution in [0.15, 0.2) is 28.7 Å². The number of rotatable bonds is 3. The second-order valence-corrected chi connectivity index (χ2v) is 3.77. The highest BCUT2D eigenvalue weighted by Gasteiger charge is 2.16. The molecular weight excluding hydrogens is 278 g/mol. The molecule has 0 spiro atoms. The lowest BCUT2D eigenvalue weighted by atomic mass is 10.3. The molecule has 0 amide bonds. The van der Waals surface area contributed by atoms with Crippen LogP contribution in [0.1, 0.15) is 10.5 Å². The van der Waals surface area contributed by atoms with Crippen molar-refractivity contribution in [2.24, 2.45) is 0 Å². The van der Waals surface area contributed by atoms with Gasteiger partial charge in [0.25, 0.3) is 5.88 Å². The lowest BCUT2D eigenvalue weighted by molar-refractivity contribution is 0.0687. The molecule has 1 aromatic heterocycles. The van der Waals surface area contributed by atoms with Crippen molar-refractivity contribution in [1.82, 2.24) is 15.4 Å². The molecule has 0 unspecified atom stereocenters. The zero-order chi connectivity index (χ0) is 11.5. The van der Waals surface area contributed by atoms with E-state index in [9.17, 15) is 4.79 Å². The second kappa shape index (κ2) is 4.31. The van der Waals surface area contributed by atoms with Crippen molar-refractivity contribution in [3.05, 3.63) is 34.4 Å². The largest absolute Gasteiger partial charge is 0.476 e. The molecule has 1 aromatic carbocycles. The Kier molecular flexibility index (Phi) is 2.86. The van der Waals surface area contributed by atoms with E-state index in [2.05, 4.69) is 31.3 Å². The number of carbonyl (C=O) groups is 1. The lowest BCUT2D eigenvalue weighted by Crippen LogP contribution is -1.99. The first-order valence-corrected chi connectivity index (χ1v) is 5.04. The molecule has 1 heterocycles. The summed E-state index contributed by atoms with van der Waals surface area (Å²) >= 11 is 3.28. The Morgan fingerprint density at radius 1 is 1.38 bits per heavy atom. The topological polar surface area (TPSA) is 88.1 Å². The molecule has 0 atom stereocenters. The minimum atomic E-state index is -1.19. The number of aromatic amines is 1. The molecule has 0 saturated heterocycles. The molecule has 0 aliphatic heterocycles. The summed E-state index contributed by atoms with van der Waals surface area (Å²) in [6.45, 7) is 0. The van der Waals surface area contributed by atoms with E-state index >= 15 is 0 Å². The van der Waals surface area contributed by atoms with Crippen LogP contribution in [0.4, 0.5) is 0 Å². The highest BCUT2D eigenvalue weighted by atomic mass is 79.9. The first-order chi connectivity index (χ1) is 7.66.